The van der Waals surface area contributed by atoms with Gasteiger partial charge in [-0.05, 0) is 74.8 Å². The highest BCUT2D eigenvalue weighted by Crippen LogP contribution is 2.48. The third-order valence-electron chi connectivity index (χ3n) is 4.17. The number of carboxylic acid groups (broad SMARTS) is 1. The van der Waals surface area contributed by atoms with Gasteiger partial charge in [0, 0.05) is 6.54 Å². The van der Waals surface area contributed by atoms with Crippen molar-refractivity contribution in [3.05, 3.63) is 22.4 Å². The number of carbonyl (C=O) groups is 2. The van der Waals surface area contributed by atoms with E-state index in [0.717, 1.165) is 18.4 Å². The predicted octanol–water partition coefficient (Wildman–Crippen LogP) is 3.69. The van der Waals surface area contributed by atoms with E-state index < -0.39 is 23.1 Å². The molecule has 1 atom stereocenters. The van der Waals surface area contributed by atoms with Gasteiger partial charge < -0.3 is 15.2 Å². The monoisotopic (exact) mass is 339 g/mol. The molecule has 5 nitrogen and oxygen atoms in total. The molecule has 1 fully saturated rings. The van der Waals surface area contributed by atoms with E-state index in [1.54, 1.807) is 32.1 Å². The van der Waals surface area contributed by atoms with Crippen LogP contribution in [-0.4, -0.2) is 29.3 Å². The number of aliphatic carboxylic acids is 1. The van der Waals surface area contributed by atoms with Crippen LogP contribution in [0.15, 0.2) is 16.8 Å². The number of amides is 1. The summed E-state index contributed by atoms with van der Waals surface area (Å²) in [4.78, 5) is 23.8. The first-order valence-electron chi connectivity index (χ1n) is 7.94. The Kier molecular flexibility index (Phi) is 5.34. The van der Waals surface area contributed by atoms with Gasteiger partial charge in [-0.2, -0.15) is 11.3 Å². The summed E-state index contributed by atoms with van der Waals surface area (Å²) in [5.74, 6) is -0.695. The van der Waals surface area contributed by atoms with Crippen molar-refractivity contribution in [3.63, 3.8) is 0 Å². The molecule has 1 amide bonds. The molecule has 2 N–H and O–H groups in total. The number of ether oxygens (including phenoxy) is 1. The molecule has 6 heteroatoms. The Morgan fingerprint density at radius 1 is 1.39 bits per heavy atom. The molecular weight excluding hydrogens is 314 g/mol. The molecule has 1 unspecified atom stereocenters. The third kappa shape index (κ3) is 4.96. The highest BCUT2D eigenvalue weighted by Gasteiger charge is 2.51. The zero-order valence-corrected chi connectivity index (χ0v) is 14.7. The largest absolute Gasteiger partial charge is 0.481 e. The van der Waals surface area contributed by atoms with Crippen LogP contribution in [0, 0.1) is 11.3 Å². The lowest BCUT2D eigenvalue weighted by atomic mass is 9.77. The van der Waals surface area contributed by atoms with E-state index in [4.69, 9.17) is 4.74 Å². The number of carbonyl (C=O) groups excluding carboxylic acids is 1. The normalized spacial score (nSPS) is 17.3. The maximum Gasteiger partial charge on any atom is 0.407 e. The van der Waals surface area contributed by atoms with Crippen molar-refractivity contribution in [1.82, 2.24) is 5.32 Å². The Morgan fingerprint density at radius 3 is 2.57 bits per heavy atom. The molecule has 1 heterocycles. The van der Waals surface area contributed by atoms with Crippen molar-refractivity contribution < 1.29 is 19.4 Å². The lowest BCUT2D eigenvalue weighted by Gasteiger charge is -2.30. The number of rotatable bonds is 7. The molecule has 128 valence electrons. The van der Waals surface area contributed by atoms with Crippen LogP contribution in [-0.2, 0) is 16.0 Å². The van der Waals surface area contributed by atoms with Crippen molar-refractivity contribution in [3.8, 4) is 0 Å². The topological polar surface area (TPSA) is 75.6 Å². The first kappa shape index (κ1) is 17.8. The van der Waals surface area contributed by atoms with Crippen molar-refractivity contribution in [2.75, 3.05) is 6.54 Å². The van der Waals surface area contributed by atoms with Gasteiger partial charge in [-0.3, -0.25) is 4.79 Å². The maximum atomic E-state index is 12.0. The summed E-state index contributed by atoms with van der Waals surface area (Å²) in [7, 11) is 0. The quantitative estimate of drug-likeness (QED) is 0.794. The average molecular weight is 339 g/mol. The molecule has 0 saturated heterocycles. The average Bonchev–Trinajstić information content (AvgIpc) is 3.14. The van der Waals surface area contributed by atoms with Crippen molar-refractivity contribution in [2.45, 2.75) is 52.1 Å². The van der Waals surface area contributed by atoms with Crippen LogP contribution < -0.4 is 5.32 Å². The number of nitrogens with one attached hydrogen (secondary N) is 1. The SMILES string of the molecule is CC(C)(C)OC(=O)NCC(CCc1ccsc1)(C(=O)O)C1CC1. The molecule has 2 rings (SSSR count). The van der Waals surface area contributed by atoms with E-state index in [9.17, 15) is 14.7 Å². The molecule has 0 radical (unpaired) electrons. The van der Waals surface area contributed by atoms with E-state index in [-0.39, 0.29) is 12.5 Å². The molecular formula is C17H25NO4S. The minimum atomic E-state index is -0.904. The molecule has 23 heavy (non-hydrogen) atoms. The first-order valence-corrected chi connectivity index (χ1v) is 8.88. The van der Waals surface area contributed by atoms with Crippen molar-refractivity contribution in [1.29, 1.82) is 0 Å². The predicted molar refractivity (Wildman–Crippen MR) is 89.7 cm³/mol. The van der Waals surface area contributed by atoms with Gasteiger partial charge in [0.25, 0.3) is 0 Å². The summed E-state index contributed by atoms with van der Waals surface area (Å²) < 4.78 is 5.22. The number of hydrogen-bond donors (Lipinski definition) is 2. The minimum absolute atomic E-state index is 0.117. The van der Waals surface area contributed by atoms with Crippen LogP contribution in [0.1, 0.15) is 45.6 Å². The number of thiophene rings is 1. The maximum absolute atomic E-state index is 12.0. The van der Waals surface area contributed by atoms with Gasteiger partial charge in [0.15, 0.2) is 0 Å². The van der Waals surface area contributed by atoms with E-state index in [2.05, 4.69) is 5.32 Å². The number of hydrogen-bond acceptors (Lipinski definition) is 4. The van der Waals surface area contributed by atoms with Crippen LogP contribution in [0.2, 0.25) is 0 Å². The summed E-state index contributed by atoms with van der Waals surface area (Å²) in [6.45, 7) is 5.48. The smallest absolute Gasteiger partial charge is 0.407 e. The van der Waals surface area contributed by atoms with Crippen LogP contribution >= 0.6 is 11.3 Å². The second-order valence-electron chi connectivity index (χ2n) is 7.22. The molecule has 1 aromatic heterocycles. The molecule has 1 aromatic rings. The Hall–Kier alpha value is -1.56. The number of aryl methyl sites for hydroxylation is 1. The summed E-state index contributed by atoms with van der Waals surface area (Å²) in [5.41, 5.74) is -0.344. The Balaban J connectivity index is 2.01. The standard InChI is InChI=1S/C17H25NO4S/c1-16(2,3)22-15(21)18-11-17(14(19)20,13-4-5-13)8-6-12-7-9-23-10-12/h7,9-10,13H,4-6,8,11H2,1-3H3,(H,18,21)(H,19,20). The fourth-order valence-electron chi connectivity index (χ4n) is 2.78. The summed E-state index contributed by atoms with van der Waals surface area (Å²) in [6, 6.07) is 2.02. The molecule has 1 aliphatic rings. The second-order valence-corrected chi connectivity index (χ2v) is 8.00. The van der Waals surface area contributed by atoms with Gasteiger partial charge in [-0.1, -0.05) is 0 Å². The van der Waals surface area contributed by atoms with Gasteiger partial charge in [0.2, 0.25) is 0 Å². The second kappa shape index (κ2) is 6.91. The molecule has 0 aliphatic heterocycles. The number of alkyl carbamates (subject to hydrolysis) is 1. The third-order valence-corrected chi connectivity index (χ3v) is 4.90. The van der Waals surface area contributed by atoms with Gasteiger partial charge in [-0.15, -0.1) is 0 Å². The Bertz CT molecular complexity index is 545. The molecule has 1 aliphatic carbocycles. The van der Waals surface area contributed by atoms with E-state index in [1.807, 2.05) is 16.8 Å². The van der Waals surface area contributed by atoms with E-state index in [0.29, 0.717) is 12.8 Å². The Morgan fingerprint density at radius 2 is 2.09 bits per heavy atom. The Labute approximate surface area is 141 Å². The fourth-order valence-corrected chi connectivity index (χ4v) is 3.48. The highest BCUT2D eigenvalue weighted by molar-refractivity contribution is 7.07. The summed E-state index contributed by atoms with van der Waals surface area (Å²) in [5, 5.41) is 16.5. The fraction of sp³-hybridized carbons (Fsp3) is 0.647. The van der Waals surface area contributed by atoms with E-state index >= 15 is 0 Å². The molecule has 0 bridgehead atoms. The lowest BCUT2D eigenvalue weighted by Crippen LogP contribution is -2.46. The van der Waals surface area contributed by atoms with Gasteiger partial charge in [0.05, 0.1) is 5.41 Å². The van der Waals surface area contributed by atoms with Crippen LogP contribution in [0.5, 0.6) is 0 Å². The van der Waals surface area contributed by atoms with Gasteiger partial charge in [-0.25, -0.2) is 4.79 Å². The zero-order chi connectivity index (χ0) is 17.1. The van der Waals surface area contributed by atoms with Crippen LogP contribution in [0.3, 0.4) is 0 Å². The highest BCUT2D eigenvalue weighted by atomic mass is 32.1. The molecule has 1 saturated carbocycles. The molecule has 0 aromatic carbocycles. The minimum Gasteiger partial charge on any atom is -0.481 e. The van der Waals surface area contributed by atoms with E-state index in [1.165, 1.54) is 0 Å². The lowest BCUT2D eigenvalue weighted by molar-refractivity contribution is -0.150. The summed E-state index contributed by atoms with van der Waals surface area (Å²) >= 11 is 1.61. The zero-order valence-electron chi connectivity index (χ0n) is 13.9. The van der Waals surface area contributed by atoms with Gasteiger partial charge >= 0.3 is 12.1 Å². The number of carboxylic acids is 1. The first-order chi connectivity index (χ1) is 10.7. The van der Waals surface area contributed by atoms with Crippen LogP contribution in [0.4, 0.5) is 4.79 Å². The van der Waals surface area contributed by atoms with Crippen LogP contribution in [0.25, 0.3) is 0 Å². The van der Waals surface area contributed by atoms with Gasteiger partial charge in [0.1, 0.15) is 5.60 Å². The molecule has 0 spiro atoms. The summed E-state index contributed by atoms with van der Waals surface area (Å²) in [6.07, 6.45) is 2.50. The van der Waals surface area contributed by atoms with Crippen molar-refractivity contribution in [2.24, 2.45) is 11.3 Å². The van der Waals surface area contributed by atoms with Crippen molar-refractivity contribution >= 4 is 23.4 Å².